The standard InChI is InChI=1S/C21H28N2O3/c24-19(17-6-7-17)22-12-9-21(10-13-22)14-18(20(25)26)23(15-21)11-8-16-4-2-1-3-5-16/h1-5,17-18H,6-15H2,(H,25,26). The van der Waals surface area contributed by atoms with Crippen molar-refractivity contribution in [2.45, 2.75) is 44.6 Å². The summed E-state index contributed by atoms with van der Waals surface area (Å²) in [6, 6.07) is 9.88. The number of hydrogen-bond donors (Lipinski definition) is 1. The van der Waals surface area contributed by atoms with Crippen LogP contribution in [0.5, 0.6) is 0 Å². The fraction of sp³-hybridized carbons (Fsp3) is 0.619. The number of nitrogens with zero attached hydrogens (tertiary/aromatic N) is 2. The van der Waals surface area contributed by atoms with E-state index >= 15 is 0 Å². The highest BCUT2D eigenvalue weighted by Crippen LogP contribution is 2.44. The summed E-state index contributed by atoms with van der Waals surface area (Å²) in [5, 5.41) is 9.71. The molecule has 1 atom stereocenters. The smallest absolute Gasteiger partial charge is 0.320 e. The fourth-order valence-corrected chi connectivity index (χ4v) is 4.69. The van der Waals surface area contributed by atoms with Gasteiger partial charge in [-0.05, 0) is 49.5 Å². The van der Waals surface area contributed by atoms with Gasteiger partial charge < -0.3 is 10.0 Å². The van der Waals surface area contributed by atoms with Gasteiger partial charge in [0, 0.05) is 32.1 Å². The summed E-state index contributed by atoms with van der Waals surface area (Å²) in [6.07, 6.45) is 5.59. The molecule has 1 aliphatic carbocycles. The quantitative estimate of drug-likeness (QED) is 0.880. The van der Waals surface area contributed by atoms with Crippen LogP contribution in [-0.4, -0.2) is 59.0 Å². The van der Waals surface area contributed by atoms with Crippen LogP contribution in [0.15, 0.2) is 30.3 Å². The van der Waals surface area contributed by atoms with Crippen LogP contribution in [0.1, 0.15) is 37.7 Å². The number of rotatable bonds is 5. The van der Waals surface area contributed by atoms with E-state index in [-0.39, 0.29) is 17.4 Å². The van der Waals surface area contributed by atoms with Gasteiger partial charge in [0.05, 0.1) is 0 Å². The van der Waals surface area contributed by atoms with E-state index < -0.39 is 5.97 Å². The summed E-state index contributed by atoms with van der Waals surface area (Å²) in [6.45, 7) is 3.23. The largest absolute Gasteiger partial charge is 0.480 e. The molecule has 5 nitrogen and oxygen atoms in total. The summed E-state index contributed by atoms with van der Waals surface area (Å²) >= 11 is 0. The lowest BCUT2D eigenvalue weighted by Gasteiger charge is -2.39. The van der Waals surface area contributed by atoms with Gasteiger partial charge in [0.2, 0.25) is 5.91 Å². The average molecular weight is 356 g/mol. The molecule has 1 unspecified atom stereocenters. The number of carboxylic acid groups (broad SMARTS) is 1. The highest BCUT2D eigenvalue weighted by atomic mass is 16.4. The first-order valence-corrected chi connectivity index (χ1v) is 9.86. The van der Waals surface area contributed by atoms with E-state index in [9.17, 15) is 14.7 Å². The lowest BCUT2D eigenvalue weighted by Crippen LogP contribution is -2.44. The summed E-state index contributed by atoms with van der Waals surface area (Å²) in [7, 11) is 0. The molecule has 1 saturated carbocycles. The van der Waals surface area contributed by atoms with Crippen molar-refractivity contribution in [1.82, 2.24) is 9.80 Å². The van der Waals surface area contributed by atoms with Crippen molar-refractivity contribution >= 4 is 11.9 Å². The number of likely N-dealkylation sites (tertiary alicyclic amines) is 2. The summed E-state index contributed by atoms with van der Waals surface area (Å²) < 4.78 is 0. The monoisotopic (exact) mass is 356 g/mol. The maximum absolute atomic E-state index is 12.3. The predicted molar refractivity (Wildman–Crippen MR) is 98.7 cm³/mol. The van der Waals surface area contributed by atoms with Gasteiger partial charge in [0.25, 0.3) is 0 Å². The third-order valence-electron chi connectivity index (χ3n) is 6.48. The highest BCUT2D eigenvalue weighted by Gasteiger charge is 2.48. The molecule has 1 spiro atoms. The molecule has 2 aliphatic heterocycles. The van der Waals surface area contributed by atoms with E-state index in [1.165, 1.54) is 5.56 Å². The molecule has 0 aromatic heterocycles. The molecule has 1 N–H and O–H groups in total. The van der Waals surface area contributed by atoms with Gasteiger partial charge in [-0.2, -0.15) is 0 Å². The SMILES string of the molecule is O=C(O)C1CC2(CCN(C(=O)C3CC3)CC2)CN1CCc1ccccc1. The number of benzene rings is 1. The molecule has 4 rings (SSSR count). The lowest BCUT2D eigenvalue weighted by molar-refractivity contribution is -0.142. The van der Waals surface area contributed by atoms with Crippen LogP contribution in [0.25, 0.3) is 0 Å². The minimum Gasteiger partial charge on any atom is -0.480 e. The van der Waals surface area contributed by atoms with Crippen LogP contribution in [0.3, 0.4) is 0 Å². The summed E-state index contributed by atoms with van der Waals surface area (Å²) in [5.74, 6) is -0.0956. The van der Waals surface area contributed by atoms with Gasteiger partial charge in [-0.3, -0.25) is 14.5 Å². The first kappa shape index (κ1) is 17.5. The average Bonchev–Trinajstić information content (AvgIpc) is 3.44. The number of carboxylic acids is 1. The zero-order chi connectivity index (χ0) is 18.1. The van der Waals surface area contributed by atoms with E-state index in [4.69, 9.17) is 0 Å². The number of hydrogen-bond acceptors (Lipinski definition) is 3. The molecular weight excluding hydrogens is 328 g/mol. The van der Waals surface area contributed by atoms with E-state index in [0.717, 1.165) is 64.7 Å². The Labute approximate surface area is 155 Å². The minimum absolute atomic E-state index is 0.0695. The molecule has 26 heavy (non-hydrogen) atoms. The van der Waals surface area contributed by atoms with Crippen LogP contribution in [0.2, 0.25) is 0 Å². The van der Waals surface area contributed by atoms with E-state index in [0.29, 0.717) is 5.91 Å². The molecule has 2 heterocycles. The second-order valence-corrected chi connectivity index (χ2v) is 8.36. The molecule has 1 amide bonds. The number of carbonyl (C=O) groups excluding carboxylic acids is 1. The molecule has 2 saturated heterocycles. The van der Waals surface area contributed by atoms with Crippen LogP contribution in [0, 0.1) is 11.3 Å². The summed E-state index contributed by atoms with van der Waals surface area (Å²) in [5.41, 5.74) is 1.32. The fourth-order valence-electron chi connectivity index (χ4n) is 4.69. The van der Waals surface area contributed by atoms with Gasteiger partial charge in [0.15, 0.2) is 0 Å². The second-order valence-electron chi connectivity index (χ2n) is 8.36. The number of amides is 1. The van der Waals surface area contributed by atoms with Gasteiger partial charge in [-0.1, -0.05) is 30.3 Å². The van der Waals surface area contributed by atoms with Crippen LogP contribution in [-0.2, 0) is 16.0 Å². The van der Waals surface area contributed by atoms with Crippen molar-refractivity contribution in [1.29, 1.82) is 0 Å². The Morgan fingerprint density at radius 3 is 2.42 bits per heavy atom. The molecule has 0 radical (unpaired) electrons. The Morgan fingerprint density at radius 2 is 1.81 bits per heavy atom. The molecule has 5 heteroatoms. The van der Waals surface area contributed by atoms with Gasteiger partial charge >= 0.3 is 5.97 Å². The topological polar surface area (TPSA) is 60.9 Å². The van der Waals surface area contributed by atoms with Crippen molar-refractivity contribution in [2.24, 2.45) is 11.3 Å². The van der Waals surface area contributed by atoms with E-state index in [1.807, 2.05) is 23.1 Å². The van der Waals surface area contributed by atoms with Crippen molar-refractivity contribution in [3.8, 4) is 0 Å². The highest BCUT2D eigenvalue weighted by molar-refractivity contribution is 5.81. The van der Waals surface area contributed by atoms with Crippen molar-refractivity contribution < 1.29 is 14.7 Å². The number of carbonyl (C=O) groups is 2. The predicted octanol–water partition coefficient (Wildman–Crippen LogP) is 2.41. The second kappa shape index (κ2) is 7.03. The molecular formula is C21H28N2O3. The maximum atomic E-state index is 12.3. The van der Waals surface area contributed by atoms with Gasteiger partial charge in [-0.25, -0.2) is 0 Å². The first-order chi connectivity index (χ1) is 12.6. The molecule has 0 bridgehead atoms. The Balaban J connectivity index is 1.37. The zero-order valence-corrected chi connectivity index (χ0v) is 15.3. The molecule has 3 fully saturated rings. The minimum atomic E-state index is -0.702. The Bertz CT molecular complexity index is 663. The zero-order valence-electron chi connectivity index (χ0n) is 15.3. The first-order valence-electron chi connectivity index (χ1n) is 9.86. The lowest BCUT2D eigenvalue weighted by atomic mass is 9.76. The number of aliphatic carboxylic acids is 1. The molecule has 3 aliphatic rings. The molecule has 1 aromatic rings. The van der Waals surface area contributed by atoms with Gasteiger partial charge in [0.1, 0.15) is 6.04 Å². The molecule has 1 aromatic carbocycles. The van der Waals surface area contributed by atoms with Crippen LogP contribution in [0.4, 0.5) is 0 Å². The Morgan fingerprint density at radius 1 is 1.12 bits per heavy atom. The normalized spacial score (nSPS) is 25.5. The Hall–Kier alpha value is -1.88. The van der Waals surface area contributed by atoms with Crippen LogP contribution >= 0.6 is 0 Å². The molecule has 140 valence electrons. The number of piperidine rings is 1. The van der Waals surface area contributed by atoms with Gasteiger partial charge in [-0.15, -0.1) is 0 Å². The Kier molecular flexibility index (Phi) is 4.74. The van der Waals surface area contributed by atoms with Crippen molar-refractivity contribution in [3.63, 3.8) is 0 Å². The third kappa shape index (κ3) is 3.63. The van der Waals surface area contributed by atoms with Crippen molar-refractivity contribution in [2.75, 3.05) is 26.2 Å². The maximum Gasteiger partial charge on any atom is 0.320 e. The van der Waals surface area contributed by atoms with Crippen molar-refractivity contribution in [3.05, 3.63) is 35.9 Å². The summed E-state index contributed by atoms with van der Waals surface area (Å²) in [4.78, 5) is 28.3. The third-order valence-corrected chi connectivity index (χ3v) is 6.48. The van der Waals surface area contributed by atoms with Crippen LogP contribution < -0.4 is 0 Å². The van der Waals surface area contributed by atoms with E-state index in [2.05, 4.69) is 17.0 Å². The van der Waals surface area contributed by atoms with E-state index in [1.54, 1.807) is 0 Å².